The van der Waals surface area contributed by atoms with Gasteiger partial charge in [0, 0.05) is 7.11 Å². The van der Waals surface area contributed by atoms with Crippen molar-refractivity contribution in [1.82, 2.24) is 0 Å². The Labute approximate surface area is 119 Å². The normalized spacial score (nSPS) is 13.3. The summed E-state index contributed by atoms with van der Waals surface area (Å²) in [5.74, 6) is 1.65. The zero-order chi connectivity index (χ0) is 13.9. The molecule has 20 heavy (non-hydrogen) atoms. The first-order chi connectivity index (χ1) is 9.79. The molecule has 2 aromatic rings. The summed E-state index contributed by atoms with van der Waals surface area (Å²) in [4.78, 5) is 0. The van der Waals surface area contributed by atoms with Crippen LogP contribution in [0.25, 0.3) is 11.1 Å². The van der Waals surface area contributed by atoms with Crippen LogP contribution in [-0.2, 0) is 11.3 Å². The van der Waals surface area contributed by atoms with Crippen LogP contribution in [0, 0.1) is 6.92 Å². The zero-order valence-corrected chi connectivity index (χ0v) is 11.8. The van der Waals surface area contributed by atoms with Crippen LogP contribution in [-0.4, -0.2) is 20.3 Å². The molecule has 0 fully saturated rings. The lowest BCUT2D eigenvalue weighted by Gasteiger charge is -2.19. The SMILES string of the molecule is COCc1cccc(-c2ccc3c(c2)OCCO3)c1C. The van der Waals surface area contributed by atoms with E-state index in [1.54, 1.807) is 7.11 Å². The van der Waals surface area contributed by atoms with Crippen molar-refractivity contribution >= 4 is 0 Å². The maximum Gasteiger partial charge on any atom is 0.161 e. The fourth-order valence-electron chi connectivity index (χ4n) is 2.52. The molecule has 0 amide bonds. The van der Waals surface area contributed by atoms with E-state index >= 15 is 0 Å². The van der Waals surface area contributed by atoms with E-state index in [1.165, 1.54) is 16.7 Å². The van der Waals surface area contributed by atoms with Gasteiger partial charge in [0.05, 0.1) is 6.61 Å². The first-order valence-electron chi connectivity index (χ1n) is 6.77. The molecule has 0 spiro atoms. The molecular formula is C17H18O3. The molecule has 2 aromatic carbocycles. The van der Waals surface area contributed by atoms with Crippen LogP contribution in [0.15, 0.2) is 36.4 Å². The molecule has 0 bridgehead atoms. The molecule has 0 N–H and O–H groups in total. The Bertz CT molecular complexity index is 620. The Morgan fingerprint density at radius 1 is 1.05 bits per heavy atom. The number of benzene rings is 2. The summed E-state index contributed by atoms with van der Waals surface area (Å²) in [5, 5.41) is 0. The molecule has 0 saturated carbocycles. The Hall–Kier alpha value is -2.00. The second kappa shape index (κ2) is 5.55. The van der Waals surface area contributed by atoms with Gasteiger partial charge in [0.1, 0.15) is 13.2 Å². The number of fused-ring (bicyclic) bond motifs is 1. The summed E-state index contributed by atoms with van der Waals surface area (Å²) >= 11 is 0. The van der Waals surface area contributed by atoms with Crippen molar-refractivity contribution in [3.05, 3.63) is 47.5 Å². The fourth-order valence-corrected chi connectivity index (χ4v) is 2.52. The maximum atomic E-state index is 5.65. The third-order valence-corrected chi connectivity index (χ3v) is 3.60. The Kier molecular flexibility index (Phi) is 3.61. The minimum atomic E-state index is 0.610. The molecule has 3 heteroatoms. The molecule has 0 aromatic heterocycles. The van der Waals surface area contributed by atoms with E-state index in [2.05, 4.69) is 31.2 Å². The van der Waals surface area contributed by atoms with Crippen molar-refractivity contribution in [2.75, 3.05) is 20.3 Å². The van der Waals surface area contributed by atoms with Crippen LogP contribution in [0.3, 0.4) is 0 Å². The monoisotopic (exact) mass is 270 g/mol. The molecule has 3 rings (SSSR count). The van der Waals surface area contributed by atoms with Crippen LogP contribution in [0.2, 0.25) is 0 Å². The Morgan fingerprint density at radius 2 is 1.85 bits per heavy atom. The quantitative estimate of drug-likeness (QED) is 0.853. The van der Waals surface area contributed by atoms with E-state index in [0.29, 0.717) is 19.8 Å². The molecule has 104 valence electrons. The molecule has 0 radical (unpaired) electrons. The van der Waals surface area contributed by atoms with Crippen molar-refractivity contribution in [2.45, 2.75) is 13.5 Å². The van der Waals surface area contributed by atoms with E-state index in [4.69, 9.17) is 14.2 Å². The van der Waals surface area contributed by atoms with Crippen LogP contribution in [0.4, 0.5) is 0 Å². The molecular weight excluding hydrogens is 252 g/mol. The third-order valence-electron chi connectivity index (χ3n) is 3.60. The molecule has 0 atom stereocenters. The van der Waals surface area contributed by atoms with Gasteiger partial charge in [-0.1, -0.05) is 24.3 Å². The lowest BCUT2D eigenvalue weighted by atomic mass is 9.96. The predicted octanol–water partition coefficient (Wildman–Crippen LogP) is 3.58. The van der Waals surface area contributed by atoms with E-state index in [0.717, 1.165) is 17.1 Å². The summed E-state index contributed by atoms with van der Waals surface area (Å²) in [6, 6.07) is 12.4. The van der Waals surface area contributed by atoms with Gasteiger partial charge in [-0.25, -0.2) is 0 Å². The van der Waals surface area contributed by atoms with Crippen LogP contribution in [0.5, 0.6) is 11.5 Å². The van der Waals surface area contributed by atoms with Crippen molar-refractivity contribution in [1.29, 1.82) is 0 Å². The Balaban J connectivity index is 2.02. The van der Waals surface area contributed by atoms with Gasteiger partial charge in [-0.3, -0.25) is 0 Å². The van der Waals surface area contributed by atoms with Gasteiger partial charge >= 0.3 is 0 Å². The second-order valence-corrected chi connectivity index (χ2v) is 4.88. The molecule has 0 aliphatic carbocycles. The maximum absolute atomic E-state index is 5.65. The number of methoxy groups -OCH3 is 1. The lowest BCUT2D eigenvalue weighted by molar-refractivity contribution is 0.171. The molecule has 1 aliphatic rings. The summed E-state index contributed by atoms with van der Waals surface area (Å²) in [7, 11) is 1.72. The Morgan fingerprint density at radius 3 is 2.65 bits per heavy atom. The average Bonchev–Trinajstić information content (AvgIpc) is 2.49. The zero-order valence-electron chi connectivity index (χ0n) is 11.8. The van der Waals surface area contributed by atoms with E-state index in [-0.39, 0.29) is 0 Å². The van der Waals surface area contributed by atoms with Crippen LogP contribution >= 0.6 is 0 Å². The highest BCUT2D eigenvalue weighted by atomic mass is 16.6. The highest BCUT2D eigenvalue weighted by Crippen LogP contribution is 2.36. The third kappa shape index (κ3) is 2.37. The minimum Gasteiger partial charge on any atom is -0.486 e. The second-order valence-electron chi connectivity index (χ2n) is 4.88. The van der Waals surface area contributed by atoms with Gasteiger partial charge in [0.15, 0.2) is 11.5 Å². The number of rotatable bonds is 3. The van der Waals surface area contributed by atoms with Gasteiger partial charge in [-0.15, -0.1) is 0 Å². The molecule has 0 saturated heterocycles. The van der Waals surface area contributed by atoms with Gasteiger partial charge in [-0.2, -0.15) is 0 Å². The molecule has 3 nitrogen and oxygen atoms in total. The van der Waals surface area contributed by atoms with E-state index < -0.39 is 0 Å². The minimum absolute atomic E-state index is 0.610. The van der Waals surface area contributed by atoms with Crippen molar-refractivity contribution in [3.8, 4) is 22.6 Å². The topological polar surface area (TPSA) is 27.7 Å². The smallest absolute Gasteiger partial charge is 0.161 e. The summed E-state index contributed by atoms with van der Waals surface area (Å²) in [5.41, 5.74) is 4.80. The van der Waals surface area contributed by atoms with Crippen molar-refractivity contribution in [3.63, 3.8) is 0 Å². The molecule has 1 aliphatic heterocycles. The van der Waals surface area contributed by atoms with Crippen molar-refractivity contribution in [2.24, 2.45) is 0 Å². The van der Waals surface area contributed by atoms with E-state index in [1.807, 2.05) is 12.1 Å². The van der Waals surface area contributed by atoms with Gasteiger partial charge in [0.25, 0.3) is 0 Å². The lowest BCUT2D eigenvalue weighted by Crippen LogP contribution is -2.15. The molecule has 1 heterocycles. The number of hydrogen-bond donors (Lipinski definition) is 0. The van der Waals surface area contributed by atoms with E-state index in [9.17, 15) is 0 Å². The van der Waals surface area contributed by atoms with Crippen LogP contribution in [0.1, 0.15) is 11.1 Å². The number of hydrogen-bond acceptors (Lipinski definition) is 3. The van der Waals surface area contributed by atoms with Gasteiger partial charge < -0.3 is 14.2 Å². The summed E-state index contributed by atoms with van der Waals surface area (Å²) < 4.78 is 16.5. The predicted molar refractivity (Wildman–Crippen MR) is 78.3 cm³/mol. The summed E-state index contributed by atoms with van der Waals surface area (Å²) in [6.07, 6.45) is 0. The van der Waals surface area contributed by atoms with Crippen LogP contribution < -0.4 is 9.47 Å². The highest BCUT2D eigenvalue weighted by Gasteiger charge is 2.13. The van der Waals surface area contributed by atoms with Gasteiger partial charge in [-0.05, 0) is 41.3 Å². The van der Waals surface area contributed by atoms with Crippen molar-refractivity contribution < 1.29 is 14.2 Å². The van der Waals surface area contributed by atoms with Gasteiger partial charge in [0.2, 0.25) is 0 Å². The highest BCUT2D eigenvalue weighted by molar-refractivity contribution is 5.71. The number of ether oxygens (including phenoxy) is 3. The summed E-state index contributed by atoms with van der Waals surface area (Å²) in [6.45, 7) is 3.98. The average molecular weight is 270 g/mol. The fraction of sp³-hybridized carbons (Fsp3) is 0.294. The first kappa shape index (κ1) is 13.0. The molecule has 0 unspecified atom stereocenters. The largest absolute Gasteiger partial charge is 0.486 e. The standard InChI is InChI=1S/C17H18O3/c1-12-14(11-18-2)4-3-5-15(12)13-6-7-16-17(10-13)20-9-8-19-16/h3-7,10H,8-9,11H2,1-2H3. The first-order valence-corrected chi connectivity index (χ1v) is 6.77.